The normalized spacial score (nSPS) is 10.0. The van der Waals surface area contributed by atoms with Crippen LogP contribution in [0.3, 0.4) is 0 Å². The Balaban J connectivity index is 2.34. The van der Waals surface area contributed by atoms with E-state index in [2.05, 4.69) is 20.7 Å². The first-order chi connectivity index (χ1) is 9.69. The fourth-order valence-electron chi connectivity index (χ4n) is 1.63. The highest BCUT2D eigenvalue weighted by atomic mass is 35.5. The van der Waals surface area contributed by atoms with E-state index in [1.807, 2.05) is 0 Å². The van der Waals surface area contributed by atoms with Crippen LogP contribution in [0.15, 0.2) is 24.5 Å². The molecule has 0 amide bonds. The van der Waals surface area contributed by atoms with Gasteiger partial charge >= 0.3 is 0 Å². The number of rotatable bonds is 5. The van der Waals surface area contributed by atoms with Gasteiger partial charge in [-0.2, -0.15) is 0 Å². The number of halogens is 1. The summed E-state index contributed by atoms with van der Waals surface area (Å²) in [6.07, 6.45) is 1.37. The van der Waals surface area contributed by atoms with Crippen LogP contribution in [0.5, 0.6) is 11.5 Å². The second kappa shape index (κ2) is 6.27. The lowest BCUT2D eigenvalue weighted by Crippen LogP contribution is -2.11. The third kappa shape index (κ3) is 2.84. The number of hydrazine groups is 1. The quantitative estimate of drug-likeness (QED) is 0.575. The Morgan fingerprint density at radius 3 is 2.55 bits per heavy atom. The summed E-state index contributed by atoms with van der Waals surface area (Å²) in [5.74, 6) is 7.18. The minimum absolute atomic E-state index is 0.380. The molecular formula is C12H14ClN5O2. The predicted molar refractivity (Wildman–Crippen MR) is 77.7 cm³/mol. The van der Waals surface area contributed by atoms with Gasteiger partial charge in [0.1, 0.15) is 12.1 Å². The number of nitrogens with two attached hydrogens (primary N) is 1. The number of hydrogen-bond donors (Lipinski definition) is 3. The van der Waals surface area contributed by atoms with Crippen molar-refractivity contribution in [1.29, 1.82) is 0 Å². The van der Waals surface area contributed by atoms with Crippen LogP contribution in [0.2, 0.25) is 5.02 Å². The number of nitrogens with zero attached hydrogens (tertiary/aromatic N) is 2. The summed E-state index contributed by atoms with van der Waals surface area (Å²) in [6, 6.07) is 5.26. The van der Waals surface area contributed by atoms with Crippen molar-refractivity contribution in [3.8, 4) is 11.5 Å². The van der Waals surface area contributed by atoms with Crippen LogP contribution >= 0.6 is 11.6 Å². The van der Waals surface area contributed by atoms with E-state index in [-0.39, 0.29) is 0 Å². The Bertz CT molecular complexity index is 608. The van der Waals surface area contributed by atoms with Crippen LogP contribution in [0.25, 0.3) is 0 Å². The molecule has 8 heteroatoms. The molecule has 4 N–H and O–H groups in total. The van der Waals surface area contributed by atoms with Crippen LogP contribution < -0.4 is 26.1 Å². The number of anilines is 3. The zero-order chi connectivity index (χ0) is 14.5. The summed E-state index contributed by atoms with van der Waals surface area (Å²) in [4.78, 5) is 8.07. The van der Waals surface area contributed by atoms with Crippen molar-refractivity contribution < 1.29 is 9.47 Å². The Morgan fingerprint density at radius 1 is 1.15 bits per heavy atom. The molecule has 0 bridgehead atoms. The number of benzene rings is 1. The topological polar surface area (TPSA) is 94.3 Å². The monoisotopic (exact) mass is 295 g/mol. The second-order valence-electron chi connectivity index (χ2n) is 3.72. The highest BCUT2D eigenvalue weighted by Crippen LogP contribution is 2.33. The maximum Gasteiger partial charge on any atom is 0.205 e. The van der Waals surface area contributed by atoms with Crippen LogP contribution in [-0.4, -0.2) is 24.2 Å². The average molecular weight is 296 g/mol. The molecule has 7 nitrogen and oxygen atoms in total. The minimum atomic E-state index is 0.380. The van der Waals surface area contributed by atoms with Crippen molar-refractivity contribution in [2.24, 2.45) is 5.84 Å². The molecule has 1 heterocycles. The van der Waals surface area contributed by atoms with E-state index in [0.717, 1.165) is 5.69 Å². The summed E-state index contributed by atoms with van der Waals surface area (Å²) in [5.41, 5.74) is 3.18. The van der Waals surface area contributed by atoms with Crippen molar-refractivity contribution in [1.82, 2.24) is 9.97 Å². The number of nitrogens with one attached hydrogen (secondary N) is 2. The molecule has 1 aromatic heterocycles. The molecule has 0 radical (unpaired) electrons. The first-order valence-electron chi connectivity index (χ1n) is 5.65. The van der Waals surface area contributed by atoms with Gasteiger partial charge in [0, 0.05) is 11.8 Å². The number of hydrogen-bond acceptors (Lipinski definition) is 7. The average Bonchev–Trinajstić information content (AvgIpc) is 2.48. The Morgan fingerprint density at radius 2 is 1.90 bits per heavy atom. The van der Waals surface area contributed by atoms with Gasteiger partial charge < -0.3 is 20.2 Å². The number of nitrogen functional groups attached to an aromatic ring is 1. The molecule has 0 fully saturated rings. The van der Waals surface area contributed by atoms with Gasteiger partial charge in [-0.05, 0) is 12.1 Å². The van der Waals surface area contributed by atoms with Crippen molar-refractivity contribution in [2.75, 3.05) is 25.0 Å². The lowest BCUT2D eigenvalue weighted by molar-refractivity contribution is 0.414. The Labute approximate surface area is 121 Å². The zero-order valence-electron chi connectivity index (χ0n) is 11.0. The summed E-state index contributed by atoms with van der Waals surface area (Å²) >= 11 is 5.98. The molecule has 2 aromatic rings. The second-order valence-corrected chi connectivity index (χ2v) is 4.13. The van der Waals surface area contributed by atoms with Crippen molar-refractivity contribution in [2.45, 2.75) is 0 Å². The SMILES string of the molecule is COc1cc(Nc2ncnc(NN)c2OC)ccc1Cl. The van der Waals surface area contributed by atoms with Crippen LogP contribution in [-0.2, 0) is 0 Å². The fraction of sp³-hybridized carbons (Fsp3) is 0.167. The van der Waals surface area contributed by atoms with Crippen molar-refractivity contribution >= 4 is 28.9 Å². The molecule has 20 heavy (non-hydrogen) atoms. The minimum Gasteiger partial charge on any atom is -0.495 e. The van der Waals surface area contributed by atoms with E-state index < -0.39 is 0 Å². The highest BCUT2D eigenvalue weighted by Gasteiger charge is 2.12. The molecule has 2 rings (SSSR count). The van der Waals surface area contributed by atoms with Gasteiger partial charge in [-0.15, -0.1) is 0 Å². The lowest BCUT2D eigenvalue weighted by atomic mass is 10.3. The maximum atomic E-state index is 5.98. The fourth-order valence-corrected chi connectivity index (χ4v) is 1.83. The summed E-state index contributed by atoms with van der Waals surface area (Å²) < 4.78 is 10.4. The lowest BCUT2D eigenvalue weighted by Gasteiger charge is -2.13. The Kier molecular flexibility index (Phi) is 4.44. The molecule has 0 aliphatic rings. The zero-order valence-corrected chi connectivity index (χ0v) is 11.7. The molecule has 0 aliphatic heterocycles. The molecule has 0 saturated heterocycles. The van der Waals surface area contributed by atoms with E-state index in [0.29, 0.717) is 28.2 Å². The molecule has 0 spiro atoms. The number of ether oxygens (including phenoxy) is 2. The number of aromatic nitrogens is 2. The van der Waals surface area contributed by atoms with Gasteiger partial charge in [0.2, 0.25) is 5.75 Å². The predicted octanol–water partition coefficient (Wildman–Crippen LogP) is 2.18. The van der Waals surface area contributed by atoms with Gasteiger partial charge in [0.05, 0.1) is 19.2 Å². The van der Waals surface area contributed by atoms with Crippen molar-refractivity contribution in [3.63, 3.8) is 0 Å². The Hall–Kier alpha value is -2.25. The summed E-state index contributed by atoms with van der Waals surface area (Å²) in [7, 11) is 3.06. The van der Waals surface area contributed by atoms with E-state index in [4.69, 9.17) is 26.9 Å². The van der Waals surface area contributed by atoms with Crippen LogP contribution in [0, 0.1) is 0 Å². The smallest absolute Gasteiger partial charge is 0.205 e. The third-order valence-corrected chi connectivity index (χ3v) is 2.87. The standard InChI is InChI=1S/C12H14ClN5O2/c1-19-9-5-7(3-4-8(9)13)17-11-10(20-2)12(18-14)16-6-15-11/h3-6H,14H2,1-2H3,(H2,15,16,17,18). The number of methoxy groups -OCH3 is 2. The van der Waals surface area contributed by atoms with Gasteiger partial charge in [-0.1, -0.05) is 11.6 Å². The van der Waals surface area contributed by atoms with Gasteiger partial charge in [0.25, 0.3) is 0 Å². The summed E-state index contributed by atoms with van der Waals surface area (Å²) in [5, 5.41) is 3.61. The molecular weight excluding hydrogens is 282 g/mol. The first kappa shape index (κ1) is 14.2. The van der Waals surface area contributed by atoms with E-state index in [9.17, 15) is 0 Å². The van der Waals surface area contributed by atoms with Gasteiger partial charge in [-0.25, -0.2) is 15.8 Å². The highest BCUT2D eigenvalue weighted by molar-refractivity contribution is 6.32. The van der Waals surface area contributed by atoms with Crippen LogP contribution in [0.1, 0.15) is 0 Å². The molecule has 106 valence electrons. The van der Waals surface area contributed by atoms with E-state index in [1.54, 1.807) is 25.3 Å². The molecule has 0 unspecified atom stereocenters. The largest absolute Gasteiger partial charge is 0.495 e. The third-order valence-electron chi connectivity index (χ3n) is 2.56. The van der Waals surface area contributed by atoms with E-state index in [1.165, 1.54) is 13.4 Å². The van der Waals surface area contributed by atoms with E-state index >= 15 is 0 Å². The molecule has 0 saturated carbocycles. The van der Waals surface area contributed by atoms with Crippen molar-refractivity contribution in [3.05, 3.63) is 29.5 Å². The molecule has 1 aromatic carbocycles. The summed E-state index contributed by atoms with van der Waals surface area (Å²) in [6.45, 7) is 0. The van der Waals surface area contributed by atoms with Gasteiger partial charge in [0.15, 0.2) is 11.6 Å². The maximum absolute atomic E-state index is 5.98. The van der Waals surface area contributed by atoms with Gasteiger partial charge in [-0.3, -0.25) is 0 Å². The molecule has 0 atom stereocenters. The first-order valence-corrected chi connectivity index (χ1v) is 6.03. The molecule has 0 aliphatic carbocycles. The van der Waals surface area contributed by atoms with Crippen LogP contribution in [0.4, 0.5) is 17.3 Å².